The zero-order valence-corrected chi connectivity index (χ0v) is 10.4. The van der Waals surface area contributed by atoms with Gasteiger partial charge in [-0.3, -0.25) is 4.79 Å². The number of likely N-dealkylation sites (N-methyl/N-ethyl adjacent to an activating group) is 1. The smallest absolute Gasteiger partial charge is 0.358 e. The topological polar surface area (TPSA) is 41.1 Å². The Morgan fingerprint density at radius 2 is 2.00 bits per heavy atom. The van der Waals surface area contributed by atoms with Gasteiger partial charge in [0, 0.05) is 13.6 Å². The molecule has 0 aliphatic heterocycles. The van der Waals surface area contributed by atoms with E-state index in [4.69, 9.17) is 0 Å². The molecule has 1 aromatic carbocycles. The molecule has 0 aliphatic rings. The summed E-state index contributed by atoms with van der Waals surface area (Å²) in [6.07, 6.45) is -4.63. The maximum absolute atomic E-state index is 12.9. The molecule has 0 aromatic heterocycles. The molecule has 0 heterocycles. The molecule has 0 fully saturated rings. The first-order valence-corrected chi connectivity index (χ1v) is 5.56. The van der Waals surface area contributed by atoms with Crippen molar-refractivity contribution in [3.63, 3.8) is 0 Å². The van der Waals surface area contributed by atoms with Crippen LogP contribution >= 0.6 is 0 Å². The number of benzene rings is 1. The Hall–Kier alpha value is -1.63. The molecule has 1 amide bonds. The van der Waals surface area contributed by atoms with E-state index in [0.29, 0.717) is 6.07 Å². The van der Waals surface area contributed by atoms with Crippen molar-refractivity contribution < 1.29 is 22.4 Å². The number of carbonyl (C=O) groups excluding carboxylic acids is 1. The summed E-state index contributed by atoms with van der Waals surface area (Å²) in [5.74, 6) is -1.29. The fraction of sp³-hybridized carbons (Fsp3) is 0.417. The molecular formula is C12H14F4N2O. The van der Waals surface area contributed by atoms with Gasteiger partial charge in [0.05, 0.1) is 11.6 Å². The van der Waals surface area contributed by atoms with Crippen LogP contribution in [0.2, 0.25) is 0 Å². The van der Waals surface area contributed by atoms with Crippen LogP contribution in [-0.2, 0) is 17.5 Å². The molecule has 0 aliphatic carbocycles. The van der Waals surface area contributed by atoms with Crippen molar-refractivity contribution in [1.82, 2.24) is 10.6 Å². The van der Waals surface area contributed by atoms with Crippen molar-refractivity contribution in [3.05, 3.63) is 35.1 Å². The third-order valence-electron chi connectivity index (χ3n) is 2.62. The Bertz CT molecular complexity index is 460. The summed E-state index contributed by atoms with van der Waals surface area (Å²) in [6.45, 7) is 1.35. The molecule has 0 bridgehead atoms. The zero-order chi connectivity index (χ0) is 14.6. The van der Waals surface area contributed by atoms with Crippen LogP contribution in [0.4, 0.5) is 17.6 Å². The molecule has 1 rings (SSSR count). The fourth-order valence-electron chi connectivity index (χ4n) is 1.54. The maximum Gasteiger partial charge on any atom is 0.416 e. The number of halogens is 4. The number of amides is 1. The van der Waals surface area contributed by atoms with Gasteiger partial charge >= 0.3 is 6.18 Å². The lowest BCUT2D eigenvalue weighted by molar-refractivity contribution is -0.138. The Labute approximate surface area is 108 Å². The second-order valence-electron chi connectivity index (χ2n) is 4.02. The maximum atomic E-state index is 12.9. The highest BCUT2D eigenvalue weighted by Gasteiger charge is 2.33. The summed E-state index contributed by atoms with van der Waals surface area (Å²) >= 11 is 0. The molecule has 0 saturated carbocycles. The van der Waals surface area contributed by atoms with Gasteiger partial charge in [0.2, 0.25) is 5.91 Å². The van der Waals surface area contributed by atoms with E-state index in [2.05, 4.69) is 10.6 Å². The average Bonchev–Trinajstić information content (AvgIpc) is 2.34. The molecule has 0 saturated heterocycles. The minimum absolute atomic E-state index is 0.107. The minimum atomic E-state index is -4.63. The van der Waals surface area contributed by atoms with Crippen molar-refractivity contribution >= 4 is 5.91 Å². The Balaban J connectivity index is 2.87. The van der Waals surface area contributed by atoms with Gasteiger partial charge < -0.3 is 10.6 Å². The van der Waals surface area contributed by atoms with Gasteiger partial charge in [0.25, 0.3) is 0 Å². The Morgan fingerprint density at radius 1 is 1.37 bits per heavy atom. The largest absolute Gasteiger partial charge is 0.416 e. The molecule has 3 nitrogen and oxygen atoms in total. The zero-order valence-electron chi connectivity index (χ0n) is 10.4. The van der Waals surface area contributed by atoms with Crippen molar-refractivity contribution in [2.45, 2.75) is 25.7 Å². The summed E-state index contributed by atoms with van der Waals surface area (Å²) in [6, 6.07) is 1.82. The highest BCUT2D eigenvalue weighted by atomic mass is 19.4. The monoisotopic (exact) mass is 278 g/mol. The normalized spacial score (nSPS) is 13.2. The van der Waals surface area contributed by atoms with E-state index in [1.165, 1.54) is 14.0 Å². The molecule has 106 valence electrons. The summed E-state index contributed by atoms with van der Waals surface area (Å²) < 4.78 is 51.0. The fourth-order valence-corrected chi connectivity index (χ4v) is 1.54. The Morgan fingerprint density at radius 3 is 2.53 bits per heavy atom. The van der Waals surface area contributed by atoms with Gasteiger partial charge in [-0.2, -0.15) is 13.2 Å². The number of hydrogen-bond donors (Lipinski definition) is 2. The third-order valence-corrected chi connectivity index (χ3v) is 2.62. The van der Waals surface area contributed by atoms with E-state index in [9.17, 15) is 22.4 Å². The van der Waals surface area contributed by atoms with Gasteiger partial charge in [-0.25, -0.2) is 4.39 Å². The quantitative estimate of drug-likeness (QED) is 0.828. The first kappa shape index (κ1) is 15.4. The van der Waals surface area contributed by atoms with Gasteiger partial charge in [-0.15, -0.1) is 0 Å². The van der Waals surface area contributed by atoms with Crippen molar-refractivity contribution in [3.8, 4) is 0 Å². The van der Waals surface area contributed by atoms with Gasteiger partial charge in [0.1, 0.15) is 5.82 Å². The number of rotatable bonds is 4. The first-order chi connectivity index (χ1) is 8.75. The van der Waals surface area contributed by atoms with Crippen LogP contribution in [0.3, 0.4) is 0 Å². The van der Waals surface area contributed by atoms with Gasteiger partial charge in [-0.05, 0) is 24.6 Å². The predicted molar refractivity (Wildman–Crippen MR) is 61.8 cm³/mol. The average molecular weight is 278 g/mol. The summed E-state index contributed by atoms with van der Waals surface area (Å²) in [5.41, 5.74) is -1.14. The molecule has 1 atom stereocenters. The Kier molecular flexibility index (Phi) is 4.88. The number of carbonyl (C=O) groups is 1. The molecular weight excluding hydrogens is 264 g/mol. The van der Waals surface area contributed by atoms with Gasteiger partial charge in [0.15, 0.2) is 0 Å². The van der Waals surface area contributed by atoms with Crippen molar-refractivity contribution in [2.24, 2.45) is 0 Å². The van der Waals surface area contributed by atoms with E-state index < -0.39 is 23.6 Å². The highest BCUT2D eigenvalue weighted by Crippen LogP contribution is 2.32. The molecule has 1 unspecified atom stereocenters. The number of alkyl halides is 3. The first-order valence-electron chi connectivity index (χ1n) is 5.56. The lowest BCUT2D eigenvalue weighted by atomic mass is 10.1. The van der Waals surface area contributed by atoms with E-state index in [-0.39, 0.29) is 18.0 Å². The molecule has 19 heavy (non-hydrogen) atoms. The second kappa shape index (κ2) is 6.01. The van der Waals surface area contributed by atoms with Crippen LogP contribution in [0.15, 0.2) is 18.2 Å². The second-order valence-corrected chi connectivity index (χ2v) is 4.02. The molecule has 7 heteroatoms. The van der Waals surface area contributed by atoms with Crippen LogP contribution < -0.4 is 10.6 Å². The SMILES string of the molecule is CNC(=O)C(C)NCc1ccc(F)cc1C(F)(F)F. The summed E-state index contributed by atoms with van der Waals surface area (Å²) in [5, 5.41) is 5.02. The van der Waals surface area contributed by atoms with Gasteiger partial charge in [-0.1, -0.05) is 6.07 Å². The van der Waals surface area contributed by atoms with E-state index in [1.807, 2.05) is 0 Å². The summed E-state index contributed by atoms with van der Waals surface area (Å²) in [4.78, 5) is 11.2. The van der Waals surface area contributed by atoms with Crippen LogP contribution in [0.1, 0.15) is 18.1 Å². The lowest BCUT2D eigenvalue weighted by Gasteiger charge is -2.16. The summed E-state index contributed by atoms with van der Waals surface area (Å²) in [7, 11) is 1.43. The standard InChI is InChI=1S/C12H14F4N2O/c1-7(11(19)17-2)18-6-8-3-4-9(13)5-10(8)12(14,15)16/h3-5,7,18H,6H2,1-2H3,(H,17,19). The number of nitrogens with one attached hydrogen (secondary N) is 2. The van der Waals surface area contributed by atoms with Crippen LogP contribution in [-0.4, -0.2) is 19.0 Å². The van der Waals surface area contributed by atoms with E-state index in [1.54, 1.807) is 0 Å². The molecule has 0 radical (unpaired) electrons. The highest BCUT2D eigenvalue weighted by molar-refractivity contribution is 5.80. The van der Waals surface area contributed by atoms with Crippen LogP contribution in [0, 0.1) is 5.82 Å². The van der Waals surface area contributed by atoms with Crippen LogP contribution in [0.25, 0.3) is 0 Å². The van der Waals surface area contributed by atoms with Crippen molar-refractivity contribution in [2.75, 3.05) is 7.05 Å². The van der Waals surface area contributed by atoms with E-state index in [0.717, 1.165) is 12.1 Å². The molecule has 1 aromatic rings. The molecule has 2 N–H and O–H groups in total. The number of hydrogen-bond acceptors (Lipinski definition) is 2. The minimum Gasteiger partial charge on any atom is -0.358 e. The predicted octanol–water partition coefficient (Wildman–Crippen LogP) is 2.07. The van der Waals surface area contributed by atoms with E-state index >= 15 is 0 Å². The third kappa shape index (κ3) is 4.20. The molecule has 0 spiro atoms. The lowest BCUT2D eigenvalue weighted by Crippen LogP contribution is -2.40. The van der Waals surface area contributed by atoms with Crippen molar-refractivity contribution in [1.29, 1.82) is 0 Å². The van der Waals surface area contributed by atoms with Crippen LogP contribution in [0.5, 0.6) is 0 Å².